The average Bonchev–Trinajstić information content (AvgIpc) is 3.19. The lowest BCUT2D eigenvalue weighted by Gasteiger charge is -2.29. The highest BCUT2D eigenvalue weighted by molar-refractivity contribution is 5.79. The largest absolute Gasteiger partial charge is 0.356 e. The Labute approximate surface area is 164 Å². The van der Waals surface area contributed by atoms with E-state index < -0.39 is 0 Å². The van der Waals surface area contributed by atoms with E-state index >= 15 is 0 Å². The molecule has 0 radical (unpaired) electrons. The summed E-state index contributed by atoms with van der Waals surface area (Å²) >= 11 is 0. The van der Waals surface area contributed by atoms with Crippen LogP contribution in [0.1, 0.15) is 64.2 Å². The third-order valence-corrected chi connectivity index (χ3v) is 6.57. The van der Waals surface area contributed by atoms with E-state index in [2.05, 4.69) is 20.9 Å². The molecule has 0 unspecified atom stereocenters. The van der Waals surface area contributed by atoms with Crippen LogP contribution in [0.3, 0.4) is 0 Å². The number of carbonyl (C=O) groups is 2. The minimum absolute atomic E-state index is 0.132. The van der Waals surface area contributed by atoms with Crippen LogP contribution in [0.5, 0.6) is 0 Å². The van der Waals surface area contributed by atoms with Crippen molar-refractivity contribution < 1.29 is 9.59 Å². The van der Waals surface area contributed by atoms with Crippen molar-refractivity contribution >= 4 is 11.8 Å². The summed E-state index contributed by atoms with van der Waals surface area (Å²) < 4.78 is 0. The first-order chi connectivity index (χ1) is 13.2. The highest BCUT2D eigenvalue weighted by Crippen LogP contribution is 2.28. The minimum Gasteiger partial charge on any atom is -0.356 e. The maximum absolute atomic E-state index is 12.4. The number of piperazine rings is 1. The second kappa shape index (κ2) is 11.0. The number of hydrogen-bond donors (Lipinski definition) is 3. The summed E-state index contributed by atoms with van der Waals surface area (Å²) in [5.74, 6) is 1.18. The van der Waals surface area contributed by atoms with Gasteiger partial charge in [-0.15, -0.1) is 0 Å². The normalized spacial score (nSPS) is 27.4. The van der Waals surface area contributed by atoms with Gasteiger partial charge in [-0.25, -0.2) is 0 Å². The highest BCUT2D eigenvalue weighted by Gasteiger charge is 2.27. The van der Waals surface area contributed by atoms with Crippen LogP contribution < -0.4 is 16.0 Å². The van der Waals surface area contributed by atoms with Gasteiger partial charge in [0, 0.05) is 51.1 Å². The maximum Gasteiger partial charge on any atom is 0.223 e. The van der Waals surface area contributed by atoms with E-state index in [9.17, 15) is 9.59 Å². The Kier molecular flexibility index (Phi) is 8.39. The molecule has 0 spiro atoms. The second-order valence-electron chi connectivity index (χ2n) is 8.71. The number of amides is 2. The molecule has 3 aliphatic rings. The molecular weight excluding hydrogens is 340 g/mol. The lowest BCUT2D eigenvalue weighted by atomic mass is 9.85. The fourth-order valence-electron chi connectivity index (χ4n) is 4.86. The standard InChI is InChI=1S/C21H38N4O2/c26-20(16-17-4-1-2-5-17)24-19-8-6-18(7-9-19)21(27)23-10-3-13-25-14-11-22-12-15-25/h17-19,22H,1-16H2,(H,23,27)(H,24,26). The molecule has 0 aromatic heterocycles. The zero-order chi connectivity index (χ0) is 18.9. The molecule has 1 heterocycles. The minimum atomic E-state index is 0.132. The Balaban J connectivity index is 1.24. The first kappa shape index (κ1) is 20.6. The van der Waals surface area contributed by atoms with E-state index in [4.69, 9.17) is 0 Å². The van der Waals surface area contributed by atoms with Crippen molar-refractivity contribution in [1.29, 1.82) is 0 Å². The molecule has 27 heavy (non-hydrogen) atoms. The Morgan fingerprint density at radius 3 is 2.37 bits per heavy atom. The molecule has 2 amide bonds. The summed E-state index contributed by atoms with van der Waals surface area (Å²) in [7, 11) is 0. The number of nitrogens with zero attached hydrogens (tertiary/aromatic N) is 1. The first-order valence-corrected chi connectivity index (χ1v) is 11.2. The van der Waals surface area contributed by atoms with Crippen LogP contribution in [0.2, 0.25) is 0 Å². The molecule has 1 saturated heterocycles. The molecule has 6 heteroatoms. The van der Waals surface area contributed by atoms with Crippen LogP contribution in [0.4, 0.5) is 0 Å². The summed E-state index contributed by atoms with van der Waals surface area (Å²) in [5.41, 5.74) is 0. The molecule has 0 bridgehead atoms. The van der Waals surface area contributed by atoms with E-state index in [-0.39, 0.29) is 23.8 Å². The molecule has 154 valence electrons. The fraction of sp³-hybridized carbons (Fsp3) is 0.905. The van der Waals surface area contributed by atoms with Crippen molar-refractivity contribution in [2.24, 2.45) is 11.8 Å². The molecule has 3 rings (SSSR count). The Morgan fingerprint density at radius 1 is 0.963 bits per heavy atom. The van der Waals surface area contributed by atoms with Crippen molar-refractivity contribution in [3.8, 4) is 0 Å². The van der Waals surface area contributed by atoms with Gasteiger partial charge in [-0.3, -0.25) is 9.59 Å². The lowest BCUT2D eigenvalue weighted by Crippen LogP contribution is -2.44. The van der Waals surface area contributed by atoms with Gasteiger partial charge < -0.3 is 20.9 Å². The van der Waals surface area contributed by atoms with Gasteiger partial charge in [0.25, 0.3) is 0 Å². The molecule has 2 saturated carbocycles. The maximum atomic E-state index is 12.4. The highest BCUT2D eigenvalue weighted by atomic mass is 16.2. The van der Waals surface area contributed by atoms with Gasteiger partial charge in [-0.2, -0.15) is 0 Å². The molecule has 3 N–H and O–H groups in total. The second-order valence-corrected chi connectivity index (χ2v) is 8.71. The lowest BCUT2D eigenvalue weighted by molar-refractivity contribution is -0.126. The van der Waals surface area contributed by atoms with E-state index in [0.29, 0.717) is 12.3 Å². The summed E-state index contributed by atoms with van der Waals surface area (Å²) in [6, 6.07) is 0.274. The van der Waals surface area contributed by atoms with Crippen LogP contribution in [-0.4, -0.2) is 62.0 Å². The quantitative estimate of drug-likeness (QED) is 0.562. The van der Waals surface area contributed by atoms with Crippen molar-refractivity contribution in [3.63, 3.8) is 0 Å². The molecule has 2 aliphatic carbocycles. The fourth-order valence-corrected chi connectivity index (χ4v) is 4.86. The van der Waals surface area contributed by atoms with Crippen molar-refractivity contribution in [2.75, 3.05) is 39.3 Å². The first-order valence-electron chi connectivity index (χ1n) is 11.2. The molecule has 0 atom stereocenters. The molecule has 0 aromatic carbocycles. The molecule has 1 aliphatic heterocycles. The number of rotatable bonds is 8. The van der Waals surface area contributed by atoms with Gasteiger partial charge in [0.05, 0.1) is 0 Å². The van der Waals surface area contributed by atoms with Crippen LogP contribution in [0, 0.1) is 11.8 Å². The third kappa shape index (κ3) is 7.07. The Morgan fingerprint density at radius 2 is 1.67 bits per heavy atom. The zero-order valence-corrected chi connectivity index (χ0v) is 16.8. The topological polar surface area (TPSA) is 73.5 Å². The number of hydrogen-bond acceptors (Lipinski definition) is 4. The van der Waals surface area contributed by atoms with Gasteiger partial charge >= 0.3 is 0 Å². The number of carbonyl (C=O) groups excluding carboxylic acids is 2. The Hall–Kier alpha value is -1.14. The predicted octanol–water partition coefficient (Wildman–Crippen LogP) is 1.65. The van der Waals surface area contributed by atoms with Crippen molar-refractivity contribution in [1.82, 2.24) is 20.9 Å². The van der Waals surface area contributed by atoms with E-state index in [1.807, 2.05) is 0 Å². The smallest absolute Gasteiger partial charge is 0.223 e. The molecular formula is C21H38N4O2. The van der Waals surface area contributed by atoms with E-state index in [0.717, 1.165) is 71.4 Å². The average molecular weight is 379 g/mol. The summed E-state index contributed by atoms with van der Waals surface area (Å²) in [6.07, 6.45) is 10.4. The van der Waals surface area contributed by atoms with Crippen LogP contribution in [0.25, 0.3) is 0 Å². The SMILES string of the molecule is O=C(CC1CCCC1)NC1CCC(C(=O)NCCCN2CCNCC2)CC1. The summed E-state index contributed by atoms with van der Waals surface area (Å²) in [4.78, 5) is 27.0. The summed E-state index contributed by atoms with van der Waals surface area (Å²) in [6.45, 7) is 6.23. The van der Waals surface area contributed by atoms with Crippen LogP contribution in [-0.2, 0) is 9.59 Å². The van der Waals surface area contributed by atoms with Crippen LogP contribution in [0.15, 0.2) is 0 Å². The van der Waals surface area contributed by atoms with Gasteiger partial charge in [0.15, 0.2) is 0 Å². The predicted molar refractivity (Wildman–Crippen MR) is 107 cm³/mol. The van der Waals surface area contributed by atoms with Crippen LogP contribution >= 0.6 is 0 Å². The number of nitrogens with one attached hydrogen (secondary N) is 3. The molecule has 0 aromatic rings. The third-order valence-electron chi connectivity index (χ3n) is 6.57. The molecule has 3 fully saturated rings. The van der Waals surface area contributed by atoms with Crippen molar-refractivity contribution in [3.05, 3.63) is 0 Å². The van der Waals surface area contributed by atoms with Gasteiger partial charge in [-0.05, 0) is 57.4 Å². The summed E-state index contributed by atoms with van der Waals surface area (Å²) in [5, 5.41) is 9.70. The van der Waals surface area contributed by atoms with Gasteiger partial charge in [0.2, 0.25) is 11.8 Å². The van der Waals surface area contributed by atoms with E-state index in [1.165, 1.54) is 25.7 Å². The van der Waals surface area contributed by atoms with Crippen molar-refractivity contribution in [2.45, 2.75) is 70.3 Å². The monoisotopic (exact) mass is 378 g/mol. The van der Waals surface area contributed by atoms with Gasteiger partial charge in [0.1, 0.15) is 0 Å². The molecule has 6 nitrogen and oxygen atoms in total. The van der Waals surface area contributed by atoms with E-state index in [1.54, 1.807) is 0 Å². The zero-order valence-electron chi connectivity index (χ0n) is 16.8. The Bertz CT molecular complexity index is 465. The van der Waals surface area contributed by atoms with Gasteiger partial charge in [-0.1, -0.05) is 12.8 Å².